The van der Waals surface area contributed by atoms with E-state index in [9.17, 15) is 10.5 Å². The summed E-state index contributed by atoms with van der Waals surface area (Å²) in [6.07, 6.45) is 0. The van der Waals surface area contributed by atoms with Crippen molar-refractivity contribution in [2.24, 2.45) is 0 Å². The Hall–Kier alpha value is -5.90. The lowest BCUT2D eigenvalue weighted by Crippen LogP contribution is -1.83. The normalized spacial score (nSPS) is 10.9. The Labute approximate surface area is 237 Å². The Balaban J connectivity index is 1.29. The summed E-state index contributed by atoms with van der Waals surface area (Å²) in [5, 5.41) is 20.8. The zero-order chi connectivity index (χ0) is 27.8. The summed E-state index contributed by atoms with van der Waals surface area (Å²) in [4.78, 5) is 0. The summed E-state index contributed by atoms with van der Waals surface area (Å²) in [6.45, 7) is 0. The quantitative estimate of drug-likeness (QED) is 0.231. The molecule has 0 saturated carbocycles. The third-order valence-electron chi connectivity index (χ3n) is 7.51. The monoisotopic (exact) mass is 522 g/mol. The molecule has 0 aliphatic carbocycles. The van der Waals surface area contributed by atoms with Crippen molar-refractivity contribution in [1.29, 1.82) is 10.5 Å². The van der Waals surface area contributed by atoms with E-state index in [1.54, 1.807) is 0 Å². The number of hydrogen-bond acceptors (Lipinski definition) is 3. The van der Waals surface area contributed by atoms with Crippen molar-refractivity contribution in [3.05, 3.63) is 145 Å². The second-order valence-electron chi connectivity index (χ2n) is 10.1. The number of nitrogens with zero attached hydrogens (tertiary/aromatic N) is 2. The van der Waals surface area contributed by atoms with Gasteiger partial charge < -0.3 is 4.42 Å². The highest BCUT2D eigenvalue weighted by molar-refractivity contribution is 6.07. The third-order valence-corrected chi connectivity index (χ3v) is 7.51. The molecule has 0 aliphatic heterocycles. The molecule has 0 radical (unpaired) electrons. The number of hydrogen-bond donors (Lipinski definition) is 0. The minimum atomic E-state index is 0.649. The molecule has 0 fully saturated rings. The topological polar surface area (TPSA) is 60.7 Å². The molecule has 0 saturated heterocycles. The van der Waals surface area contributed by atoms with Gasteiger partial charge in [-0.15, -0.1) is 0 Å². The number of furan rings is 1. The average Bonchev–Trinajstić information content (AvgIpc) is 3.42. The molecular formula is C38H22N2O. The fourth-order valence-electron chi connectivity index (χ4n) is 5.43. The second-order valence-corrected chi connectivity index (χ2v) is 10.1. The first-order valence-corrected chi connectivity index (χ1v) is 13.4. The standard InChI is InChI=1S/C38H22N2O/c39-23-25-5-1-7-27(17-25)29-9-3-11-31(19-29)33-13-15-37-35(21-33)36-22-34(14-16-38(36)41-37)32-12-4-10-30(20-32)28-8-2-6-26(18-28)24-40/h1-22H. The number of rotatable bonds is 4. The van der Waals surface area contributed by atoms with Crippen LogP contribution in [0.15, 0.2) is 138 Å². The van der Waals surface area contributed by atoms with Crippen molar-refractivity contribution in [3.63, 3.8) is 0 Å². The van der Waals surface area contributed by atoms with Crippen LogP contribution in [0.4, 0.5) is 0 Å². The van der Waals surface area contributed by atoms with Gasteiger partial charge in [-0.2, -0.15) is 10.5 Å². The zero-order valence-corrected chi connectivity index (χ0v) is 22.0. The highest BCUT2D eigenvalue weighted by Crippen LogP contribution is 2.36. The molecule has 7 rings (SSSR count). The lowest BCUT2D eigenvalue weighted by Gasteiger charge is -2.07. The molecule has 0 N–H and O–H groups in total. The smallest absolute Gasteiger partial charge is 0.135 e. The largest absolute Gasteiger partial charge is 0.456 e. The van der Waals surface area contributed by atoms with Gasteiger partial charge in [0.15, 0.2) is 0 Å². The van der Waals surface area contributed by atoms with Crippen LogP contribution in [0, 0.1) is 22.7 Å². The summed E-state index contributed by atoms with van der Waals surface area (Å²) in [7, 11) is 0. The van der Waals surface area contributed by atoms with Crippen LogP contribution < -0.4 is 0 Å². The van der Waals surface area contributed by atoms with Crippen LogP contribution in [0.1, 0.15) is 11.1 Å². The fraction of sp³-hybridized carbons (Fsp3) is 0. The summed E-state index contributed by atoms with van der Waals surface area (Å²) < 4.78 is 6.21. The predicted molar refractivity (Wildman–Crippen MR) is 165 cm³/mol. The lowest BCUT2D eigenvalue weighted by atomic mass is 9.96. The van der Waals surface area contributed by atoms with Crippen molar-refractivity contribution >= 4 is 21.9 Å². The van der Waals surface area contributed by atoms with Crippen LogP contribution in [0.25, 0.3) is 66.4 Å². The number of benzene rings is 6. The van der Waals surface area contributed by atoms with Crippen molar-refractivity contribution in [2.75, 3.05) is 0 Å². The predicted octanol–water partition coefficient (Wildman–Crippen LogP) is 10.00. The van der Waals surface area contributed by atoms with E-state index in [-0.39, 0.29) is 0 Å². The van der Waals surface area contributed by atoms with Gasteiger partial charge in [0.25, 0.3) is 0 Å². The maximum absolute atomic E-state index is 9.32. The van der Waals surface area contributed by atoms with Gasteiger partial charge in [-0.05, 0) is 105 Å². The van der Waals surface area contributed by atoms with Gasteiger partial charge in [-0.3, -0.25) is 0 Å². The van der Waals surface area contributed by atoms with Gasteiger partial charge >= 0.3 is 0 Å². The number of fused-ring (bicyclic) bond motifs is 3. The molecule has 0 spiro atoms. The minimum absolute atomic E-state index is 0.649. The molecule has 0 bridgehead atoms. The summed E-state index contributed by atoms with van der Waals surface area (Å²) in [5.41, 5.74) is 11.6. The summed E-state index contributed by atoms with van der Waals surface area (Å²) >= 11 is 0. The number of nitriles is 2. The molecule has 41 heavy (non-hydrogen) atoms. The SMILES string of the molecule is N#Cc1cccc(-c2cccc(-c3ccc4oc5ccc(-c6cccc(-c7cccc(C#N)c7)c6)cc5c4c3)c2)c1. The Bertz CT molecular complexity index is 2030. The Kier molecular flexibility index (Phi) is 5.90. The summed E-state index contributed by atoms with van der Waals surface area (Å²) in [5.74, 6) is 0. The fourth-order valence-corrected chi connectivity index (χ4v) is 5.43. The van der Waals surface area contributed by atoms with Gasteiger partial charge in [-0.25, -0.2) is 0 Å². The Morgan fingerprint density at radius 3 is 1.10 bits per heavy atom. The van der Waals surface area contributed by atoms with E-state index < -0.39 is 0 Å². The third kappa shape index (κ3) is 4.53. The van der Waals surface area contributed by atoms with E-state index in [2.05, 4.69) is 84.9 Å². The second kappa shape index (κ2) is 10.0. The molecule has 0 amide bonds. The van der Waals surface area contributed by atoms with Crippen LogP contribution >= 0.6 is 0 Å². The van der Waals surface area contributed by atoms with Crippen LogP contribution in [0.3, 0.4) is 0 Å². The zero-order valence-electron chi connectivity index (χ0n) is 22.0. The van der Waals surface area contributed by atoms with E-state index in [4.69, 9.17) is 4.42 Å². The van der Waals surface area contributed by atoms with E-state index in [0.29, 0.717) is 11.1 Å². The maximum atomic E-state index is 9.32. The van der Waals surface area contributed by atoms with Crippen LogP contribution in [0.5, 0.6) is 0 Å². The molecule has 1 heterocycles. The first-order valence-electron chi connectivity index (χ1n) is 13.4. The Morgan fingerprint density at radius 2 is 0.707 bits per heavy atom. The van der Waals surface area contributed by atoms with Crippen molar-refractivity contribution in [1.82, 2.24) is 0 Å². The van der Waals surface area contributed by atoms with Gasteiger partial charge in [0.2, 0.25) is 0 Å². The van der Waals surface area contributed by atoms with E-state index in [0.717, 1.165) is 66.4 Å². The van der Waals surface area contributed by atoms with E-state index in [1.807, 2.05) is 60.7 Å². The molecule has 7 aromatic rings. The van der Waals surface area contributed by atoms with Crippen LogP contribution in [-0.4, -0.2) is 0 Å². The molecule has 3 nitrogen and oxygen atoms in total. The maximum Gasteiger partial charge on any atom is 0.135 e. The molecule has 3 heteroatoms. The highest BCUT2D eigenvalue weighted by atomic mass is 16.3. The molecule has 190 valence electrons. The van der Waals surface area contributed by atoms with Crippen molar-refractivity contribution < 1.29 is 4.42 Å². The molecule has 0 atom stereocenters. The molecule has 0 unspecified atom stereocenters. The van der Waals surface area contributed by atoms with Crippen LogP contribution in [-0.2, 0) is 0 Å². The van der Waals surface area contributed by atoms with Crippen molar-refractivity contribution in [3.8, 4) is 56.6 Å². The first kappa shape index (κ1) is 24.2. The molecule has 0 aliphatic rings. The van der Waals surface area contributed by atoms with Crippen LogP contribution in [0.2, 0.25) is 0 Å². The van der Waals surface area contributed by atoms with Gasteiger partial charge in [0.05, 0.1) is 23.3 Å². The molecule has 1 aromatic heterocycles. The Morgan fingerprint density at radius 1 is 0.366 bits per heavy atom. The van der Waals surface area contributed by atoms with E-state index in [1.165, 1.54) is 0 Å². The van der Waals surface area contributed by atoms with Gasteiger partial charge in [-0.1, -0.05) is 72.8 Å². The first-order chi connectivity index (χ1) is 20.2. The minimum Gasteiger partial charge on any atom is -0.456 e. The lowest BCUT2D eigenvalue weighted by molar-refractivity contribution is 0.669. The highest BCUT2D eigenvalue weighted by Gasteiger charge is 2.12. The average molecular weight is 523 g/mol. The molecule has 6 aromatic carbocycles. The van der Waals surface area contributed by atoms with Gasteiger partial charge in [0, 0.05) is 10.8 Å². The van der Waals surface area contributed by atoms with E-state index >= 15 is 0 Å². The van der Waals surface area contributed by atoms with Gasteiger partial charge in [0.1, 0.15) is 11.2 Å². The summed E-state index contributed by atoms with van der Waals surface area (Å²) in [6, 6.07) is 49.3. The molecular weight excluding hydrogens is 500 g/mol. The van der Waals surface area contributed by atoms with Crippen molar-refractivity contribution in [2.45, 2.75) is 0 Å².